The summed E-state index contributed by atoms with van der Waals surface area (Å²) in [6, 6.07) is 4.31. The summed E-state index contributed by atoms with van der Waals surface area (Å²) in [6.45, 7) is 1.51. The molecule has 0 saturated heterocycles. The van der Waals surface area contributed by atoms with Gasteiger partial charge in [-0.3, -0.25) is 4.79 Å². The number of benzene rings is 1. The fourth-order valence-electron chi connectivity index (χ4n) is 2.24. The fourth-order valence-corrected chi connectivity index (χ4v) is 3.39. The minimum Gasteiger partial charge on any atom is -0.316 e. The van der Waals surface area contributed by atoms with E-state index in [2.05, 4.69) is 0 Å². The molecule has 136 valence electrons. The summed E-state index contributed by atoms with van der Waals surface area (Å²) >= 11 is 6.30. The molecular weight excluding hydrogens is 380 g/mol. The number of aromatic nitrogens is 1. The minimum absolute atomic E-state index is 0.0181. The first-order chi connectivity index (χ1) is 11.6. The monoisotopic (exact) mass is 394 g/mol. The number of hydrogen-bond acceptors (Lipinski definition) is 3. The Balaban J connectivity index is 2.42. The van der Waals surface area contributed by atoms with Crippen molar-refractivity contribution in [2.75, 3.05) is 6.54 Å². The number of pyridine rings is 1. The van der Waals surface area contributed by atoms with Gasteiger partial charge in [0.25, 0.3) is 5.56 Å². The molecule has 0 spiro atoms. The average Bonchev–Trinajstić information content (AvgIpc) is 2.52. The molecule has 0 bridgehead atoms. The van der Waals surface area contributed by atoms with E-state index in [1.165, 1.54) is 38.2 Å². The van der Waals surface area contributed by atoms with Crippen molar-refractivity contribution in [3.8, 4) is 0 Å². The Kier molecular flexibility index (Phi) is 6.18. The molecular formula is C16H15ClF4N2OS. The Morgan fingerprint density at radius 2 is 1.88 bits per heavy atom. The zero-order valence-electron chi connectivity index (χ0n) is 13.3. The SMILES string of the molecule is CCN(Sc1cc(=O)n(C)cc1F)C(c1ccc(Cl)cc1)C(F)(F)F. The van der Waals surface area contributed by atoms with E-state index in [0.717, 1.165) is 21.1 Å². The zero-order valence-corrected chi connectivity index (χ0v) is 14.9. The van der Waals surface area contributed by atoms with Crippen molar-refractivity contribution < 1.29 is 17.6 Å². The van der Waals surface area contributed by atoms with Gasteiger partial charge in [-0.2, -0.15) is 13.2 Å². The highest BCUT2D eigenvalue weighted by Crippen LogP contribution is 2.43. The molecule has 1 aromatic carbocycles. The molecule has 1 aromatic heterocycles. The van der Waals surface area contributed by atoms with Crippen molar-refractivity contribution >= 4 is 23.5 Å². The number of halogens is 5. The third kappa shape index (κ3) is 4.77. The van der Waals surface area contributed by atoms with Gasteiger partial charge in [-0.1, -0.05) is 30.7 Å². The third-order valence-electron chi connectivity index (χ3n) is 3.46. The molecule has 1 heterocycles. The van der Waals surface area contributed by atoms with Crippen LogP contribution in [0.5, 0.6) is 0 Å². The van der Waals surface area contributed by atoms with E-state index in [9.17, 15) is 22.4 Å². The van der Waals surface area contributed by atoms with E-state index >= 15 is 0 Å². The molecule has 2 rings (SSSR count). The van der Waals surface area contributed by atoms with Gasteiger partial charge in [0, 0.05) is 30.9 Å². The quantitative estimate of drug-likeness (QED) is 0.537. The standard InChI is InChI=1S/C16H15ClF4N2OS/c1-3-23(25-13-8-14(24)22(2)9-12(13)18)15(16(19,20)21)10-4-6-11(17)7-5-10/h4-9,15H,3H2,1-2H3. The van der Waals surface area contributed by atoms with Crippen LogP contribution in [0.25, 0.3) is 0 Å². The Labute approximate surface area is 151 Å². The highest BCUT2D eigenvalue weighted by molar-refractivity contribution is 7.97. The smallest absolute Gasteiger partial charge is 0.316 e. The van der Waals surface area contributed by atoms with Crippen molar-refractivity contribution in [3.05, 3.63) is 63.3 Å². The van der Waals surface area contributed by atoms with Gasteiger partial charge >= 0.3 is 6.18 Å². The molecule has 0 N–H and O–H groups in total. The number of rotatable bonds is 5. The molecule has 0 radical (unpaired) electrons. The molecule has 1 unspecified atom stereocenters. The first-order valence-corrected chi connectivity index (χ1v) is 8.41. The Bertz CT molecular complexity index is 792. The first-order valence-electron chi connectivity index (χ1n) is 7.26. The van der Waals surface area contributed by atoms with E-state index in [4.69, 9.17) is 11.6 Å². The second-order valence-electron chi connectivity index (χ2n) is 5.26. The molecule has 3 nitrogen and oxygen atoms in total. The lowest BCUT2D eigenvalue weighted by molar-refractivity contribution is -0.172. The summed E-state index contributed by atoms with van der Waals surface area (Å²) in [5, 5.41) is 0.318. The van der Waals surface area contributed by atoms with Gasteiger partial charge in [0.05, 0.1) is 4.90 Å². The number of nitrogens with zero attached hydrogens (tertiary/aromatic N) is 2. The second kappa shape index (κ2) is 7.80. The van der Waals surface area contributed by atoms with Crippen LogP contribution in [0.3, 0.4) is 0 Å². The summed E-state index contributed by atoms with van der Waals surface area (Å²) in [4.78, 5) is 11.5. The minimum atomic E-state index is -4.59. The molecule has 0 aliphatic carbocycles. The first kappa shape index (κ1) is 19.8. The molecule has 25 heavy (non-hydrogen) atoms. The van der Waals surface area contributed by atoms with Crippen molar-refractivity contribution in [3.63, 3.8) is 0 Å². The second-order valence-corrected chi connectivity index (χ2v) is 6.78. The van der Waals surface area contributed by atoms with E-state index in [0.29, 0.717) is 17.0 Å². The predicted octanol–water partition coefficient (Wildman–Crippen LogP) is 4.81. The van der Waals surface area contributed by atoms with E-state index in [1.54, 1.807) is 0 Å². The Morgan fingerprint density at radius 3 is 2.40 bits per heavy atom. The summed E-state index contributed by atoms with van der Waals surface area (Å²) in [5.41, 5.74) is -0.523. The van der Waals surface area contributed by atoms with Crippen molar-refractivity contribution in [1.82, 2.24) is 8.87 Å². The normalized spacial score (nSPS) is 13.3. The highest BCUT2D eigenvalue weighted by Gasteiger charge is 2.45. The van der Waals surface area contributed by atoms with Gasteiger partial charge in [-0.05, 0) is 29.6 Å². The molecule has 0 amide bonds. The highest BCUT2D eigenvalue weighted by atomic mass is 35.5. The largest absolute Gasteiger partial charge is 0.408 e. The predicted molar refractivity (Wildman–Crippen MR) is 90.1 cm³/mol. The van der Waals surface area contributed by atoms with Crippen LogP contribution in [0.2, 0.25) is 5.02 Å². The van der Waals surface area contributed by atoms with Crippen molar-refractivity contribution in [2.24, 2.45) is 7.05 Å². The van der Waals surface area contributed by atoms with Crippen molar-refractivity contribution in [1.29, 1.82) is 0 Å². The molecule has 0 saturated carbocycles. The Morgan fingerprint density at radius 1 is 1.28 bits per heavy atom. The van der Waals surface area contributed by atoms with E-state index in [-0.39, 0.29) is 17.0 Å². The molecule has 0 fully saturated rings. The maximum atomic E-state index is 14.0. The van der Waals surface area contributed by atoms with Crippen molar-refractivity contribution in [2.45, 2.75) is 24.0 Å². The lowest BCUT2D eigenvalue weighted by Crippen LogP contribution is -2.34. The van der Waals surface area contributed by atoms with Gasteiger partial charge in [-0.25, -0.2) is 8.70 Å². The summed E-state index contributed by atoms with van der Waals surface area (Å²) in [7, 11) is 1.36. The van der Waals surface area contributed by atoms with Gasteiger partial charge < -0.3 is 4.57 Å². The summed E-state index contributed by atoms with van der Waals surface area (Å²) in [6.07, 6.45) is -3.64. The number of alkyl halides is 3. The van der Waals surface area contributed by atoms with Crippen LogP contribution in [0, 0.1) is 5.82 Å². The van der Waals surface area contributed by atoms with Crippen LogP contribution in [-0.2, 0) is 7.05 Å². The lowest BCUT2D eigenvalue weighted by Gasteiger charge is -2.31. The maximum Gasteiger partial charge on any atom is 0.408 e. The van der Waals surface area contributed by atoms with Crippen LogP contribution >= 0.6 is 23.5 Å². The van der Waals surface area contributed by atoms with Gasteiger partial charge in [0.15, 0.2) is 5.82 Å². The van der Waals surface area contributed by atoms with Crippen LogP contribution in [-0.4, -0.2) is 21.6 Å². The maximum absolute atomic E-state index is 14.0. The summed E-state index contributed by atoms with van der Waals surface area (Å²) in [5.74, 6) is -0.761. The zero-order chi connectivity index (χ0) is 18.8. The fraction of sp³-hybridized carbons (Fsp3) is 0.312. The molecule has 0 aliphatic rings. The van der Waals surface area contributed by atoms with E-state index in [1.807, 2.05) is 0 Å². The molecule has 2 aromatic rings. The Hall–Kier alpha value is -1.51. The topological polar surface area (TPSA) is 25.2 Å². The van der Waals surface area contributed by atoms with Crippen LogP contribution in [0.15, 0.2) is 46.2 Å². The third-order valence-corrected chi connectivity index (χ3v) is 4.92. The molecule has 1 atom stereocenters. The number of aryl methyl sites for hydroxylation is 1. The molecule has 0 aliphatic heterocycles. The molecule has 9 heteroatoms. The average molecular weight is 395 g/mol. The lowest BCUT2D eigenvalue weighted by atomic mass is 10.1. The van der Waals surface area contributed by atoms with Crippen LogP contribution < -0.4 is 5.56 Å². The van der Waals surface area contributed by atoms with Gasteiger partial charge in [0.2, 0.25) is 0 Å². The van der Waals surface area contributed by atoms with Crippen LogP contribution in [0.1, 0.15) is 18.5 Å². The van der Waals surface area contributed by atoms with Crippen LogP contribution in [0.4, 0.5) is 17.6 Å². The van der Waals surface area contributed by atoms with Gasteiger partial charge in [-0.15, -0.1) is 0 Å². The summed E-state index contributed by atoms with van der Waals surface area (Å²) < 4.78 is 57.0. The number of hydrogen-bond donors (Lipinski definition) is 0. The van der Waals surface area contributed by atoms with E-state index < -0.39 is 23.6 Å². The van der Waals surface area contributed by atoms with Gasteiger partial charge in [0.1, 0.15) is 6.04 Å².